The quantitative estimate of drug-likeness (QED) is 0.660. The van der Waals surface area contributed by atoms with Gasteiger partial charge in [0.25, 0.3) is 0 Å². The number of aliphatic hydroxyl groups is 1. The summed E-state index contributed by atoms with van der Waals surface area (Å²) in [6.07, 6.45) is 2.70. The summed E-state index contributed by atoms with van der Waals surface area (Å²) in [5.41, 5.74) is -0.471. The third-order valence-electron chi connectivity index (χ3n) is 2.35. The molecule has 0 spiro atoms. The van der Waals surface area contributed by atoms with E-state index in [1.165, 1.54) is 0 Å². The zero-order chi connectivity index (χ0) is 11.2. The molecule has 84 valence electrons. The summed E-state index contributed by atoms with van der Waals surface area (Å²) >= 11 is 0. The summed E-state index contributed by atoms with van der Waals surface area (Å²) in [6, 6.07) is 0. The Morgan fingerprint density at radius 3 is 2.36 bits per heavy atom. The fourth-order valence-corrected chi connectivity index (χ4v) is 2.65. The standard InChI is InChI=1S/C10H20O3S/c1-4-7-14(12,13)8-6-10(3,5-2)9-11/h5,11H,2,4,6-9H2,1,3H3. The van der Waals surface area contributed by atoms with E-state index in [1.807, 2.05) is 13.8 Å². The van der Waals surface area contributed by atoms with Crippen molar-refractivity contribution in [2.45, 2.75) is 26.7 Å². The van der Waals surface area contributed by atoms with Crippen molar-refractivity contribution >= 4 is 9.84 Å². The zero-order valence-electron chi connectivity index (χ0n) is 8.99. The number of aliphatic hydroxyl groups excluding tert-OH is 1. The Bertz CT molecular complexity index is 269. The Balaban J connectivity index is 4.23. The topological polar surface area (TPSA) is 54.4 Å². The van der Waals surface area contributed by atoms with Gasteiger partial charge in [-0.3, -0.25) is 0 Å². The normalized spacial score (nSPS) is 16.2. The molecule has 0 amide bonds. The molecule has 0 aromatic carbocycles. The molecule has 1 unspecified atom stereocenters. The molecule has 0 heterocycles. The van der Waals surface area contributed by atoms with Crippen molar-refractivity contribution in [2.75, 3.05) is 18.1 Å². The highest BCUT2D eigenvalue weighted by molar-refractivity contribution is 7.91. The van der Waals surface area contributed by atoms with E-state index in [4.69, 9.17) is 5.11 Å². The summed E-state index contributed by atoms with van der Waals surface area (Å²) in [7, 11) is -2.94. The van der Waals surface area contributed by atoms with Crippen molar-refractivity contribution in [3.63, 3.8) is 0 Å². The van der Waals surface area contributed by atoms with E-state index in [-0.39, 0.29) is 18.1 Å². The van der Waals surface area contributed by atoms with E-state index >= 15 is 0 Å². The predicted molar refractivity (Wildman–Crippen MR) is 59.0 cm³/mol. The van der Waals surface area contributed by atoms with Crippen LogP contribution in [0.3, 0.4) is 0 Å². The highest BCUT2D eigenvalue weighted by Gasteiger charge is 2.22. The van der Waals surface area contributed by atoms with Gasteiger partial charge in [0.1, 0.15) is 9.84 Å². The fraction of sp³-hybridized carbons (Fsp3) is 0.800. The smallest absolute Gasteiger partial charge is 0.150 e. The summed E-state index contributed by atoms with van der Waals surface area (Å²) in [6.45, 7) is 7.19. The lowest BCUT2D eigenvalue weighted by atomic mass is 9.89. The van der Waals surface area contributed by atoms with Gasteiger partial charge in [0, 0.05) is 11.2 Å². The van der Waals surface area contributed by atoms with Crippen LogP contribution in [-0.2, 0) is 9.84 Å². The fourth-order valence-electron chi connectivity index (χ4n) is 1.05. The Kier molecular flexibility index (Phi) is 5.37. The van der Waals surface area contributed by atoms with Crippen LogP contribution in [-0.4, -0.2) is 31.6 Å². The van der Waals surface area contributed by atoms with Crippen molar-refractivity contribution in [3.8, 4) is 0 Å². The highest BCUT2D eigenvalue weighted by Crippen LogP contribution is 2.22. The van der Waals surface area contributed by atoms with Crippen molar-refractivity contribution < 1.29 is 13.5 Å². The summed E-state index contributed by atoms with van der Waals surface area (Å²) in [5.74, 6) is 0.357. The maximum atomic E-state index is 11.4. The van der Waals surface area contributed by atoms with Crippen LogP contribution in [0.5, 0.6) is 0 Å². The van der Waals surface area contributed by atoms with Crippen molar-refractivity contribution in [3.05, 3.63) is 12.7 Å². The predicted octanol–water partition coefficient (Wildman–Crippen LogP) is 1.39. The van der Waals surface area contributed by atoms with Crippen molar-refractivity contribution in [1.29, 1.82) is 0 Å². The average molecular weight is 220 g/mol. The second-order valence-corrected chi connectivity index (χ2v) is 6.22. The molecule has 0 aliphatic carbocycles. The Labute approximate surface area is 86.8 Å². The molecule has 0 aliphatic rings. The molecule has 0 rings (SSSR count). The van der Waals surface area contributed by atoms with Gasteiger partial charge in [-0.05, 0) is 12.8 Å². The molecule has 0 aliphatic heterocycles. The van der Waals surface area contributed by atoms with Crippen molar-refractivity contribution in [1.82, 2.24) is 0 Å². The summed E-state index contributed by atoms with van der Waals surface area (Å²) in [5, 5.41) is 9.05. The molecule has 0 aromatic heterocycles. The molecule has 1 atom stereocenters. The van der Waals surface area contributed by atoms with E-state index in [0.717, 1.165) is 0 Å². The minimum Gasteiger partial charge on any atom is -0.395 e. The van der Waals surface area contributed by atoms with Crippen LogP contribution in [0.1, 0.15) is 26.7 Å². The minimum atomic E-state index is -2.94. The van der Waals surface area contributed by atoms with Gasteiger partial charge in [0.15, 0.2) is 0 Å². The van der Waals surface area contributed by atoms with Gasteiger partial charge < -0.3 is 5.11 Å². The maximum absolute atomic E-state index is 11.4. The van der Waals surface area contributed by atoms with E-state index in [2.05, 4.69) is 6.58 Å². The molecule has 3 nitrogen and oxygen atoms in total. The molecule has 14 heavy (non-hydrogen) atoms. The van der Waals surface area contributed by atoms with Gasteiger partial charge >= 0.3 is 0 Å². The molecule has 1 N–H and O–H groups in total. The Hall–Kier alpha value is -0.350. The first-order chi connectivity index (χ1) is 6.39. The van der Waals surface area contributed by atoms with Crippen LogP contribution >= 0.6 is 0 Å². The number of hydrogen-bond donors (Lipinski definition) is 1. The number of sulfone groups is 1. The average Bonchev–Trinajstić information content (AvgIpc) is 2.14. The molecular formula is C10H20O3S. The molecule has 0 bridgehead atoms. The highest BCUT2D eigenvalue weighted by atomic mass is 32.2. The van der Waals surface area contributed by atoms with Gasteiger partial charge in [0.05, 0.1) is 12.4 Å². The van der Waals surface area contributed by atoms with Crippen LogP contribution in [0.2, 0.25) is 0 Å². The van der Waals surface area contributed by atoms with Crippen LogP contribution in [0.15, 0.2) is 12.7 Å². The largest absolute Gasteiger partial charge is 0.395 e. The first-order valence-electron chi connectivity index (χ1n) is 4.84. The second kappa shape index (κ2) is 5.51. The number of rotatable bonds is 7. The molecule has 4 heteroatoms. The van der Waals surface area contributed by atoms with E-state index in [0.29, 0.717) is 12.8 Å². The van der Waals surface area contributed by atoms with Crippen LogP contribution < -0.4 is 0 Å². The molecule has 0 radical (unpaired) electrons. The van der Waals surface area contributed by atoms with E-state index in [1.54, 1.807) is 6.08 Å². The number of hydrogen-bond acceptors (Lipinski definition) is 3. The second-order valence-electron chi connectivity index (χ2n) is 3.92. The first-order valence-corrected chi connectivity index (χ1v) is 6.66. The van der Waals surface area contributed by atoms with Gasteiger partial charge in [0.2, 0.25) is 0 Å². The minimum absolute atomic E-state index is 0.0574. The molecular weight excluding hydrogens is 200 g/mol. The lowest BCUT2D eigenvalue weighted by Crippen LogP contribution is -2.23. The van der Waals surface area contributed by atoms with Crippen LogP contribution in [0.4, 0.5) is 0 Å². The SMILES string of the molecule is C=CC(C)(CO)CCS(=O)(=O)CCC. The Morgan fingerprint density at radius 2 is 2.00 bits per heavy atom. The first kappa shape index (κ1) is 13.7. The molecule has 0 aromatic rings. The van der Waals surface area contributed by atoms with Crippen LogP contribution in [0.25, 0.3) is 0 Å². The van der Waals surface area contributed by atoms with Crippen molar-refractivity contribution in [2.24, 2.45) is 5.41 Å². The molecule has 0 saturated carbocycles. The summed E-state index contributed by atoms with van der Waals surface area (Å²) < 4.78 is 22.8. The van der Waals surface area contributed by atoms with Gasteiger partial charge in [-0.2, -0.15) is 0 Å². The lowest BCUT2D eigenvalue weighted by Gasteiger charge is -2.22. The summed E-state index contributed by atoms with van der Waals surface area (Å²) in [4.78, 5) is 0. The molecule has 0 saturated heterocycles. The lowest BCUT2D eigenvalue weighted by molar-refractivity contribution is 0.181. The third-order valence-corrected chi connectivity index (χ3v) is 4.21. The Morgan fingerprint density at radius 1 is 1.43 bits per heavy atom. The third kappa shape index (κ3) is 4.77. The monoisotopic (exact) mass is 220 g/mol. The van der Waals surface area contributed by atoms with Gasteiger partial charge in [-0.25, -0.2) is 8.42 Å². The maximum Gasteiger partial charge on any atom is 0.150 e. The van der Waals surface area contributed by atoms with E-state index in [9.17, 15) is 8.42 Å². The van der Waals surface area contributed by atoms with Crippen LogP contribution in [0, 0.1) is 5.41 Å². The zero-order valence-corrected chi connectivity index (χ0v) is 9.81. The van der Waals surface area contributed by atoms with E-state index < -0.39 is 15.3 Å². The van der Waals surface area contributed by atoms with Gasteiger partial charge in [-0.1, -0.05) is 19.9 Å². The van der Waals surface area contributed by atoms with Gasteiger partial charge in [-0.15, -0.1) is 6.58 Å². The molecule has 0 fully saturated rings.